The zero-order chi connectivity index (χ0) is 14.3. The predicted octanol–water partition coefficient (Wildman–Crippen LogP) is 3.65. The Labute approximate surface area is 120 Å². The van der Waals surface area contributed by atoms with Crippen molar-refractivity contribution in [2.24, 2.45) is 22.5 Å². The van der Waals surface area contributed by atoms with Crippen molar-refractivity contribution in [1.82, 2.24) is 4.90 Å². The first-order valence-corrected chi connectivity index (χ1v) is 8.18. The van der Waals surface area contributed by atoms with E-state index in [1.165, 1.54) is 45.2 Å². The van der Waals surface area contributed by atoms with Gasteiger partial charge in [0, 0.05) is 12.1 Å². The van der Waals surface area contributed by atoms with Crippen LogP contribution in [-0.4, -0.2) is 30.1 Å². The average Bonchev–Trinajstić information content (AvgIpc) is 2.25. The molecule has 0 amide bonds. The molecule has 1 saturated carbocycles. The molecular formula is C17H34N2. The fourth-order valence-corrected chi connectivity index (χ4v) is 4.86. The van der Waals surface area contributed by atoms with Crippen molar-refractivity contribution in [3.8, 4) is 0 Å². The van der Waals surface area contributed by atoms with E-state index in [4.69, 9.17) is 5.73 Å². The van der Waals surface area contributed by atoms with Gasteiger partial charge in [0.2, 0.25) is 0 Å². The molecule has 0 bridgehead atoms. The topological polar surface area (TPSA) is 29.3 Å². The van der Waals surface area contributed by atoms with E-state index in [2.05, 4.69) is 39.5 Å². The lowest BCUT2D eigenvalue weighted by atomic mass is 9.63. The molecule has 2 nitrogen and oxygen atoms in total. The van der Waals surface area contributed by atoms with Crippen LogP contribution < -0.4 is 5.73 Å². The van der Waals surface area contributed by atoms with Gasteiger partial charge >= 0.3 is 0 Å². The maximum absolute atomic E-state index is 6.06. The highest BCUT2D eigenvalue weighted by molar-refractivity contribution is 4.94. The maximum atomic E-state index is 6.06. The first-order valence-electron chi connectivity index (χ1n) is 8.18. The van der Waals surface area contributed by atoms with Crippen LogP contribution in [0.25, 0.3) is 0 Å². The standard InChI is InChI=1S/C17H34N2/c1-13(18)14-6-8-19(9-7-14)15-10-16(2,3)12-17(4,5)11-15/h13-15H,6-12,18H2,1-5H3. The van der Waals surface area contributed by atoms with Crippen LogP contribution in [0.1, 0.15) is 66.7 Å². The van der Waals surface area contributed by atoms with E-state index < -0.39 is 0 Å². The van der Waals surface area contributed by atoms with Gasteiger partial charge in [0.05, 0.1) is 0 Å². The summed E-state index contributed by atoms with van der Waals surface area (Å²) in [4.78, 5) is 2.77. The number of hydrogen-bond acceptors (Lipinski definition) is 2. The molecule has 0 radical (unpaired) electrons. The van der Waals surface area contributed by atoms with Gasteiger partial charge in [0.15, 0.2) is 0 Å². The fraction of sp³-hybridized carbons (Fsp3) is 1.00. The van der Waals surface area contributed by atoms with E-state index in [9.17, 15) is 0 Å². The number of rotatable bonds is 2. The Morgan fingerprint density at radius 2 is 1.47 bits per heavy atom. The van der Waals surface area contributed by atoms with E-state index in [0.717, 1.165) is 12.0 Å². The Kier molecular flexibility index (Phi) is 4.32. The van der Waals surface area contributed by atoms with Gasteiger partial charge in [-0.25, -0.2) is 0 Å². The number of nitrogens with zero attached hydrogens (tertiary/aromatic N) is 1. The normalized spacial score (nSPS) is 31.3. The van der Waals surface area contributed by atoms with Gasteiger partial charge in [-0.1, -0.05) is 27.7 Å². The maximum Gasteiger partial charge on any atom is 0.0105 e. The fourth-order valence-electron chi connectivity index (χ4n) is 4.86. The summed E-state index contributed by atoms with van der Waals surface area (Å²) in [6.07, 6.45) is 6.72. The molecule has 0 aromatic heterocycles. The molecular weight excluding hydrogens is 232 g/mol. The van der Waals surface area contributed by atoms with Crippen molar-refractivity contribution < 1.29 is 0 Å². The second-order valence-electron chi connectivity index (χ2n) is 8.80. The van der Waals surface area contributed by atoms with Crippen molar-refractivity contribution in [3.63, 3.8) is 0 Å². The molecule has 0 aromatic carbocycles. The minimum absolute atomic E-state index is 0.376. The summed E-state index contributed by atoms with van der Waals surface area (Å²) in [5, 5.41) is 0. The summed E-state index contributed by atoms with van der Waals surface area (Å²) in [5.74, 6) is 0.751. The first-order chi connectivity index (χ1) is 8.69. The lowest BCUT2D eigenvalue weighted by Gasteiger charge is -2.50. The zero-order valence-corrected chi connectivity index (χ0v) is 13.7. The molecule has 2 heteroatoms. The Balaban J connectivity index is 1.95. The smallest absolute Gasteiger partial charge is 0.0105 e. The molecule has 1 aliphatic carbocycles. The van der Waals surface area contributed by atoms with Crippen molar-refractivity contribution in [2.45, 2.75) is 78.8 Å². The molecule has 1 unspecified atom stereocenters. The Morgan fingerprint density at radius 1 is 1.00 bits per heavy atom. The molecule has 0 spiro atoms. The van der Waals surface area contributed by atoms with Crippen molar-refractivity contribution in [3.05, 3.63) is 0 Å². The van der Waals surface area contributed by atoms with Crippen LogP contribution in [0.2, 0.25) is 0 Å². The van der Waals surface area contributed by atoms with E-state index in [1.807, 2.05) is 0 Å². The van der Waals surface area contributed by atoms with Crippen LogP contribution in [0.15, 0.2) is 0 Å². The highest BCUT2D eigenvalue weighted by Gasteiger charge is 2.41. The molecule has 0 aromatic rings. The van der Waals surface area contributed by atoms with E-state index in [0.29, 0.717) is 16.9 Å². The molecule has 1 saturated heterocycles. The third-order valence-electron chi connectivity index (χ3n) is 5.37. The van der Waals surface area contributed by atoms with Crippen molar-refractivity contribution >= 4 is 0 Å². The summed E-state index contributed by atoms with van der Waals surface area (Å²) >= 11 is 0. The largest absolute Gasteiger partial charge is 0.328 e. The highest BCUT2D eigenvalue weighted by Crippen LogP contribution is 2.47. The first kappa shape index (κ1) is 15.3. The summed E-state index contributed by atoms with van der Waals surface area (Å²) < 4.78 is 0. The van der Waals surface area contributed by atoms with Crippen LogP contribution in [0, 0.1) is 16.7 Å². The minimum atomic E-state index is 0.376. The van der Waals surface area contributed by atoms with E-state index in [1.54, 1.807) is 0 Å². The van der Waals surface area contributed by atoms with Crippen LogP contribution in [0.4, 0.5) is 0 Å². The number of piperidine rings is 1. The van der Waals surface area contributed by atoms with Gasteiger partial charge in [-0.15, -0.1) is 0 Å². The second kappa shape index (κ2) is 5.37. The van der Waals surface area contributed by atoms with E-state index in [-0.39, 0.29) is 0 Å². The molecule has 2 rings (SSSR count). The summed E-state index contributed by atoms with van der Waals surface area (Å²) in [6, 6.07) is 1.18. The Morgan fingerprint density at radius 3 is 1.89 bits per heavy atom. The summed E-state index contributed by atoms with van der Waals surface area (Å²) in [7, 11) is 0. The predicted molar refractivity (Wildman–Crippen MR) is 83.1 cm³/mol. The minimum Gasteiger partial charge on any atom is -0.328 e. The third-order valence-corrected chi connectivity index (χ3v) is 5.37. The lowest BCUT2D eigenvalue weighted by Crippen LogP contribution is -2.50. The number of likely N-dealkylation sites (tertiary alicyclic amines) is 1. The van der Waals surface area contributed by atoms with Gasteiger partial charge in [-0.3, -0.25) is 0 Å². The van der Waals surface area contributed by atoms with Gasteiger partial charge < -0.3 is 10.6 Å². The SMILES string of the molecule is CC(N)C1CCN(C2CC(C)(C)CC(C)(C)C2)CC1. The van der Waals surface area contributed by atoms with Crippen LogP contribution in [0.5, 0.6) is 0 Å². The Bertz CT molecular complexity index is 282. The zero-order valence-electron chi connectivity index (χ0n) is 13.7. The molecule has 2 aliphatic rings. The van der Waals surface area contributed by atoms with Crippen LogP contribution in [-0.2, 0) is 0 Å². The molecule has 112 valence electrons. The summed E-state index contributed by atoms with van der Waals surface area (Å²) in [5.41, 5.74) is 7.07. The van der Waals surface area contributed by atoms with Gasteiger partial charge in [-0.05, 0) is 68.9 Å². The molecule has 19 heavy (non-hydrogen) atoms. The lowest BCUT2D eigenvalue weighted by molar-refractivity contribution is 0.00824. The number of hydrogen-bond donors (Lipinski definition) is 1. The van der Waals surface area contributed by atoms with Crippen LogP contribution in [0.3, 0.4) is 0 Å². The van der Waals surface area contributed by atoms with Crippen LogP contribution >= 0.6 is 0 Å². The van der Waals surface area contributed by atoms with Gasteiger partial charge in [0.25, 0.3) is 0 Å². The van der Waals surface area contributed by atoms with E-state index >= 15 is 0 Å². The Hall–Kier alpha value is -0.0800. The van der Waals surface area contributed by atoms with Crippen molar-refractivity contribution in [1.29, 1.82) is 0 Å². The molecule has 1 heterocycles. The molecule has 1 atom stereocenters. The van der Waals surface area contributed by atoms with Gasteiger partial charge in [0.1, 0.15) is 0 Å². The van der Waals surface area contributed by atoms with Gasteiger partial charge in [-0.2, -0.15) is 0 Å². The second-order valence-corrected chi connectivity index (χ2v) is 8.80. The third kappa shape index (κ3) is 3.95. The molecule has 1 aliphatic heterocycles. The molecule has 2 fully saturated rings. The average molecular weight is 266 g/mol. The number of nitrogens with two attached hydrogens (primary N) is 1. The molecule has 2 N–H and O–H groups in total. The van der Waals surface area contributed by atoms with Crippen molar-refractivity contribution in [2.75, 3.05) is 13.1 Å². The highest BCUT2D eigenvalue weighted by atomic mass is 15.2. The monoisotopic (exact) mass is 266 g/mol. The summed E-state index contributed by atoms with van der Waals surface area (Å²) in [6.45, 7) is 14.5. The quantitative estimate of drug-likeness (QED) is 0.826.